The predicted octanol–water partition coefficient (Wildman–Crippen LogP) is 1.16. The maximum Gasteiger partial charge on any atom is 0.317 e. The van der Waals surface area contributed by atoms with Crippen LogP contribution < -0.4 is 14.8 Å². The third kappa shape index (κ3) is 3.81. The first-order valence-electron chi connectivity index (χ1n) is 6.94. The third-order valence-electron chi connectivity index (χ3n) is 3.38. The average Bonchev–Trinajstić information content (AvgIpc) is 2.50. The first-order chi connectivity index (χ1) is 10.5. The molecule has 0 aliphatic carbocycles. The van der Waals surface area contributed by atoms with Crippen molar-refractivity contribution >= 4 is 12.0 Å². The second kappa shape index (κ2) is 7.02. The highest BCUT2D eigenvalue weighted by atomic mass is 16.5. The van der Waals surface area contributed by atoms with Crippen molar-refractivity contribution in [2.45, 2.75) is 19.6 Å². The van der Waals surface area contributed by atoms with Gasteiger partial charge >= 0.3 is 12.0 Å². The number of carbonyl (C=O) groups excluding carboxylic acids is 2. The van der Waals surface area contributed by atoms with Crippen molar-refractivity contribution < 1.29 is 23.8 Å². The molecule has 22 heavy (non-hydrogen) atoms. The molecule has 7 heteroatoms. The summed E-state index contributed by atoms with van der Waals surface area (Å²) >= 11 is 0. The normalized spacial score (nSPS) is 17.7. The lowest BCUT2D eigenvalue weighted by Crippen LogP contribution is -2.54. The number of carbonyl (C=O) groups is 2. The van der Waals surface area contributed by atoms with E-state index in [-0.39, 0.29) is 18.1 Å². The van der Waals surface area contributed by atoms with Gasteiger partial charge in [-0.25, -0.2) is 4.79 Å². The number of nitrogens with zero attached hydrogens (tertiary/aromatic N) is 1. The Kier molecular flexibility index (Phi) is 5.08. The lowest BCUT2D eigenvalue weighted by Gasteiger charge is -2.33. The molecule has 1 N–H and O–H groups in total. The van der Waals surface area contributed by atoms with Gasteiger partial charge in [0.25, 0.3) is 0 Å². The lowest BCUT2D eigenvalue weighted by molar-refractivity contribution is -0.147. The summed E-state index contributed by atoms with van der Waals surface area (Å²) in [5, 5.41) is 2.71. The Morgan fingerprint density at radius 3 is 2.77 bits per heavy atom. The fourth-order valence-corrected chi connectivity index (χ4v) is 2.34. The van der Waals surface area contributed by atoms with Gasteiger partial charge in [-0.05, 0) is 12.1 Å². The number of hydrogen-bond donors (Lipinski definition) is 1. The van der Waals surface area contributed by atoms with Crippen molar-refractivity contribution in [3.63, 3.8) is 0 Å². The molecule has 1 fully saturated rings. The van der Waals surface area contributed by atoms with Crippen molar-refractivity contribution in [1.29, 1.82) is 0 Å². The molecule has 1 aliphatic heterocycles. The highest BCUT2D eigenvalue weighted by Gasteiger charge is 2.27. The van der Waals surface area contributed by atoms with E-state index >= 15 is 0 Å². The van der Waals surface area contributed by atoms with E-state index in [1.54, 1.807) is 25.2 Å². The third-order valence-corrected chi connectivity index (χ3v) is 3.38. The summed E-state index contributed by atoms with van der Waals surface area (Å²) < 4.78 is 15.6. The molecule has 0 radical (unpaired) electrons. The van der Waals surface area contributed by atoms with E-state index < -0.39 is 0 Å². The van der Waals surface area contributed by atoms with Crippen LogP contribution in [0.15, 0.2) is 18.2 Å². The van der Waals surface area contributed by atoms with Crippen LogP contribution in [0.5, 0.6) is 11.5 Å². The summed E-state index contributed by atoms with van der Waals surface area (Å²) in [7, 11) is 3.15. The Labute approximate surface area is 129 Å². The molecule has 0 saturated carbocycles. The molecule has 2 amide bonds. The average molecular weight is 308 g/mol. The molecule has 1 aromatic rings. The van der Waals surface area contributed by atoms with Crippen molar-refractivity contribution in [1.82, 2.24) is 10.2 Å². The van der Waals surface area contributed by atoms with Crippen molar-refractivity contribution in [2.75, 3.05) is 27.3 Å². The van der Waals surface area contributed by atoms with Gasteiger partial charge < -0.3 is 24.4 Å². The molecule has 1 heterocycles. The summed E-state index contributed by atoms with van der Waals surface area (Å²) in [5.41, 5.74) is 0.849. The Morgan fingerprint density at radius 1 is 1.36 bits per heavy atom. The number of methoxy groups -OCH3 is 2. The van der Waals surface area contributed by atoms with Crippen molar-refractivity contribution in [3.8, 4) is 11.5 Å². The molecule has 0 aromatic heterocycles. The number of hydrogen-bond acceptors (Lipinski definition) is 5. The van der Waals surface area contributed by atoms with Crippen LogP contribution in [0.25, 0.3) is 0 Å². The number of rotatable bonds is 5. The van der Waals surface area contributed by atoms with E-state index in [9.17, 15) is 9.59 Å². The second-order valence-corrected chi connectivity index (χ2v) is 4.98. The van der Waals surface area contributed by atoms with Crippen LogP contribution in [0.4, 0.5) is 4.79 Å². The Bertz CT molecular complexity index is 561. The largest absolute Gasteiger partial charge is 0.497 e. The topological polar surface area (TPSA) is 77.1 Å². The molecule has 1 atom stereocenters. The van der Waals surface area contributed by atoms with Gasteiger partial charge in [0.2, 0.25) is 0 Å². The summed E-state index contributed by atoms with van der Waals surface area (Å²) in [6.45, 7) is 2.39. The number of benzene rings is 1. The van der Waals surface area contributed by atoms with Crippen LogP contribution in [-0.4, -0.2) is 50.3 Å². The highest BCUT2D eigenvalue weighted by Crippen LogP contribution is 2.26. The summed E-state index contributed by atoms with van der Waals surface area (Å²) in [5.74, 6) is 0.964. The standard InChI is InChI=1S/C15H20N2O5/c1-10(18)22-13-7-16-15(19)17(9-13)8-11-4-5-12(20-2)6-14(11)21-3/h4-6,13H,7-9H2,1-3H3,(H,16,19)/t13-/m0/s1. The van der Waals surface area contributed by atoms with E-state index in [4.69, 9.17) is 14.2 Å². The van der Waals surface area contributed by atoms with Crippen molar-refractivity contribution in [3.05, 3.63) is 23.8 Å². The van der Waals surface area contributed by atoms with Crippen LogP contribution >= 0.6 is 0 Å². The van der Waals surface area contributed by atoms with E-state index in [1.807, 2.05) is 12.1 Å². The molecule has 0 bridgehead atoms. The second-order valence-electron chi connectivity index (χ2n) is 4.98. The molecule has 2 rings (SSSR count). The Morgan fingerprint density at radius 2 is 2.14 bits per heavy atom. The zero-order valence-electron chi connectivity index (χ0n) is 12.9. The fraction of sp³-hybridized carbons (Fsp3) is 0.467. The van der Waals surface area contributed by atoms with Gasteiger partial charge in [-0.3, -0.25) is 4.79 Å². The summed E-state index contributed by atoms with van der Waals surface area (Å²) in [6.07, 6.45) is -0.348. The van der Waals surface area contributed by atoms with Crippen molar-refractivity contribution in [2.24, 2.45) is 0 Å². The smallest absolute Gasteiger partial charge is 0.317 e. The number of ether oxygens (including phenoxy) is 3. The molecule has 0 unspecified atom stereocenters. The van der Waals surface area contributed by atoms with E-state index in [1.165, 1.54) is 6.92 Å². The van der Waals surface area contributed by atoms with Gasteiger partial charge in [-0.1, -0.05) is 0 Å². The first kappa shape index (κ1) is 15.9. The summed E-state index contributed by atoms with van der Waals surface area (Å²) in [4.78, 5) is 24.6. The van der Waals surface area contributed by atoms with Gasteiger partial charge in [-0.2, -0.15) is 0 Å². The number of esters is 1. The molecule has 1 aromatic carbocycles. The summed E-state index contributed by atoms with van der Waals surface area (Å²) in [6, 6.07) is 5.23. The van der Waals surface area contributed by atoms with Crippen LogP contribution in [0, 0.1) is 0 Å². The van der Waals surface area contributed by atoms with E-state index in [0.29, 0.717) is 31.1 Å². The number of amides is 2. The van der Waals surface area contributed by atoms with Gasteiger partial charge in [-0.15, -0.1) is 0 Å². The number of nitrogens with one attached hydrogen (secondary N) is 1. The minimum atomic E-state index is -0.358. The minimum absolute atomic E-state index is 0.193. The zero-order chi connectivity index (χ0) is 16.1. The Balaban J connectivity index is 2.10. The Hall–Kier alpha value is -2.44. The molecule has 120 valence electrons. The monoisotopic (exact) mass is 308 g/mol. The molecule has 7 nitrogen and oxygen atoms in total. The van der Waals surface area contributed by atoms with E-state index in [0.717, 1.165) is 5.56 Å². The number of urea groups is 1. The predicted molar refractivity (Wildman–Crippen MR) is 78.9 cm³/mol. The van der Waals surface area contributed by atoms with Crippen LogP contribution in [0.1, 0.15) is 12.5 Å². The molecular formula is C15H20N2O5. The van der Waals surface area contributed by atoms with Gasteiger partial charge in [0, 0.05) is 18.6 Å². The first-order valence-corrected chi connectivity index (χ1v) is 6.94. The maximum atomic E-state index is 12.0. The van der Waals surface area contributed by atoms with Gasteiger partial charge in [0.1, 0.15) is 17.6 Å². The van der Waals surface area contributed by atoms with E-state index in [2.05, 4.69) is 5.32 Å². The lowest BCUT2D eigenvalue weighted by atomic mass is 10.1. The fourth-order valence-electron chi connectivity index (χ4n) is 2.34. The molecule has 0 spiro atoms. The molecule has 1 aliphatic rings. The minimum Gasteiger partial charge on any atom is -0.497 e. The molecular weight excluding hydrogens is 288 g/mol. The quantitative estimate of drug-likeness (QED) is 0.826. The SMILES string of the molecule is COc1ccc(CN2C[C@@H](OC(C)=O)CNC2=O)c(OC)c1. The maximum absolute atomic E-state index is 12.0. The van der Waals surface area contributed by atoms with Gasteiger partial charge in [0.15, 0.2) is 0 Å². The zero-order valence-corrected chi connectivity index (χ0v) is 12.9. The van der Waals surface area contributed by atoms with Gasteiger partial charge in [0.05, 0.1) is 33.9 Å². The van der Waals surface area contributed by atoms with Crippen LogP contribution in [0.2, 0.25) is 0 Å². The molecule has 1 saturated heterocycles. The van der Waals surface area contributed by atoms with Crippen LogP contribution in [-0.2, 0) is 16.1 Å². The van der Waals surface area contributed by atoms with Crippen LogP contribution in [0.3, 0.4) is 0 Å². The highest BCUT2D eigenvalue weighted by molar-refractivity contribution is 5.75.